The zero-order valence-electron chi connectivity index (χ0n) is 14.5. The van der Waals surface area contributed by atoms with Gasteiger partial charge in [0.05, 0.1) is 11.0 Å². The fraction of sp³-hybridized carbons (Fsp3) is 0.500. The number of hydrogen-bond donors (Lipinski definition) is 2. The van der Waals surface area contributed by atoms with Crippen molar-refractivity contribution in [2.45, 2.75) is 42.0 Å². The lowest BCUT2D eigenvalue weighted by Gasteiger charge is -2.45. The highest BCUT2D eigenvalue weighted by Crippen LogP contribution is 2.47. The van der Waals surface area contributed by atoms with Gasteiger partial charge >= 0.3 is 5.51 Å². The molecule has 2 atom stereocenters. The number of rotatable bonds is 3. The van der Waals surface area contributed by atoms with E-state index in [-0.39, 0.29) is 22.5 Å². The van der Waals surface area contributed by atoms with E-state index in [4.69, 9.17) is 4.74 Å². The molecule has 11 heteroatoms. The van der Waals surface area contributed by atoms with Crippen LogP contribution in [-0.4, -0.2) is 45.2 Å². The number of nitrogens with zero attached hydrogens (tertiary/aromatic N) is 2. The zero-order valence-corrected chi connectivity index (χ0v) is 15.3. The van der Waals surface area contributed by atoms with Crippen molar-refractivity contribution < 1.29 is 27.9 Å². The number of fused-ring (bicyclic) bond motifs is 1. The minimum atomic E-state index is -4.46. The number of nitrogens with one attached hydrogen (secondary N) is 1. The van der Waals surface area contributed by atoms with Crippen LogP contribution in [0.1, 0.15) is 25.5 Å². The van der Waals surface area contributed by atoms with Crippen LogP contribution >= 0.6 is 11.8 Å². The molecular formula is C16H18F3N3O4S. The number of alkyl halides is 3. The fourth-order valence-corrected chi connectivity index (χ4v) is 3.90. The summed E-state index contributed by atoms with van der Waals surface area (Å²) in [6, 6.07) is 3.26. The molecule has 2 heterocycles. The van der Waals surface area contributed by atoms with Gasteiger partial charge in [-0.1, -0.05) is 0 Å². The molecule has 2 aliphatic heterocycles. The van der Waals surface area contributed by atoms with Crippen LogP contribution in [0.15, 0.2) is 35.1 Å². The molecule has 148 valence electrons. The Balaban J connectivity index is 2.07. The number of nitro groups is 1. The van der Waals surface area contributed by atoms with Crippen molar-refractivity contribution in [3.05, 3.63) is 45.9 Å². The first-order chi connectivity index (χ1) is 12.5. The highest BCUT2D eigenvalue weighted by atomic mass is 32.2. The molecule has 1 saturated heterocycles. The van der Waals surface area contributed by atoms with Crippen LogP contribution in [0.5, 0.6) is 5.75 Å². The zero-order chi connectivity index (χ0) is 20.0. The second-order valence-corrected chi connectivity index (χ2v) is 7.90. The summed E-state index contributed by atoms with van der Waals surface area (Å²) in [5, 5.41) is 24.6. The van der Waals surface area contributed by atoms with E-state index in [0.29, 0.717) is 24.4 Å². The van der Waals surface area contributed by atoms with Gasteiger partial charge in [-0.3, -0.25) is 10.1 Å². The average molecular weight is 405 g/mol. The molecule has 2 unspecified atom stereocenters. The smallest absolute Gasteiger partial charge is 0.446 e. The summed E-state index contributed by atoms with van der Waals surface area (Å²) in [7, 11) is 0. The Morgan fingerprint density at radius 3 is 2.81 bits per heavy atom. The van der Waals surface area contributed by atoms with E-state index in [1.807, 2.05) is 0 Å². The summed E-state index contributed by atoms with van der Waals surface area (Å²) in [5.74, 6) is 0.538. The molecule has 0 aromatic heterocycles. The molecule has 27 heavy (non-hydrogen) atoms. The third-order valence-corrected chi connectivity index (χ3v) is 5.17. The van der Waals surface area contributed by atoms with E-state index >= 15 is 0 Å². The molecule has 1 aromatic rings. The van der Waals surface area contributed by atoms with Gasteiger partial charge in [-0.2, -0.15) is 13.2 Å². The monoisotopic (exact) mass is 405 g/mol. The van der Waals surface area contributed by atoms with Crippen LogP contribution in [0.2, 0.25) is 0 Å². The number of aliphatic hydroxyl groups is 1. The Bertz CT molecular complexity index is 785. The molecular weight excluding hydrogens is 387 g/mol. The molecule has 1 fully saturated rings. The summed E-state index contributed by atoms with van der Waals surface area (Å²) in [6.45, 7) is 4.09. The second-order valence-electron chi connectivity index (χ2n) is 6.76. The summed E-state index contributed by atoms with van der Waals surface area (Å²) in [6.07, 6.45) is -0.331. The first-order valence-corrected chi connectivity index (χ1v) is 8.92. The molecule has 2 N–H and O–H groups in total. The molecule has 0 amide bonds. The van der Waals surface area contributed by atoms with Gasteiger partial charge in [0.1, 0.15) is 17.5 Å². The van der Waals surface area contributed by atoms with Crippen molar-refractivity contribution in [2.75, 3.05) is 13.1 Å². The minimum Gasteiger partial charge on any atom is -0.485 e. The first-order valence-electron chi connectivity index (χ1n) is 8.10. The minimum absolute atomic E-state index is 0.0475. The number of benzene rings is 1. The quantitative estimate of drug-likeness (QED) is 0.454. The van der Waals surface area contributed by atoms with Gasteiger partial charge in [0, 0.05) is 23.5 Å². The van der Waals surface area contributed by atoms with E-state index in [1.54, 1.807) is 18.7 Å². The normalized spacial score (nSPS) is 25.7. The maximum absolute atomic E-state index is 12.8. The topological polar surface area (TPSA) is 87.9 Å². The second kappa shape index (κ2) is 6.79. The number of hydrogen-bond acceptors (Lipinski definition) is 7. The summed E-state index contributed by atoms with van der Waals surface area (Å²) >= 11 is -0.263. The van der Waals surface area contributed by atoms with E-state index < -0.39 is 28.2 Å². The number of ether oxygens (including phenoxy) is 1. The predicted octanol–water partition coefficient (Wildman–Crippen LogP) is 2.85. The molecule has 0 aliphatic carbocycles. The molecule has 0 saturated carbocycles. The van der Waals surface area contributed by atoms with E-state index in [1.165, 1.54) is 18.2 Å². The van der Waals surface area contributed by atoms with Gasteiger partial charge < -0.3 is 20.1 Å². The van der Waals surface area contributed by atoms with Crippen molar-refractivity contribution in [2.24, 2.45) is 0 Å². The lowest BCUT2D eigenvalue weighted by atomic mass is 9.85. The van der Waals surface area contributed by atoms with Crippen LogP contribution in [0, 0.1) is 10.1 Å². The van der Waals surface area contributed by atoms with E-state index in [0.717, 1.165) is 6.20 Å². The Hall–Kier alpha value is -2.14. The SMILES string of the molecule is CC1(C)Oc2ccc(SC(F)(F)F)cc2C(N2CCNC2=C[N+](=O)[O-])C1O. The van der Waals surface area contributed by atoms with Crippen LogP contribution in [0.3, 0.4) is 0 Å². The molecule has 0 bridgehead atoms. The number of halogens is 3. The Kier molecular flexibility index (Phi) is 4.93. The Morgan fingerprint density at radius 1 is 1.48 bits per heavy atom. The maximum atomic E-state index is 12.8. The summed E-state index contributed by atoms with van der Waals surface area (Å²) in [5.41, 5.74) is -5.13. The van der Waals surface area contributed by atoms with Gasteiger partial charge in [0.25, 0.3) is 6.20 Å². The van der Waals surface area contributed by atoms with Crippen molar-refractivity contribution >= 4 is 11.8 Å². The third-order valence-electron chi connectivity index (χ3n) is 4.45. The molecule has 3 rings (SSSR count). The van der Waals surface area contributed by atoms with E-state index in [9.17, 15) is 28.4 Å². The van der Waals surface area contributed by atoms with Crippen LogP contribution < -0.4 is 10.1 Å². The van der Waals surface area contributed by atoms with Gasteiger partial charge in [0.15, 0.2) is 5.82 Å². The number of thioether (sulfide) groups is 1. The van der Waals surface area contributed by atoms with Crippen molar-refractivity contribution in [3.63, 3.8) is 0 Å². The maximum Gasteiger partial charge on any atom is 0.446 e. The molecule has 1 aromatic carbocycles. The summed E-state index contributed by atoms with van der Waals surface area (Å²) in [4.78, 5) is 11.8. The molecule has 7 nitrogen and oxygen atoms in total. The van der Waals surface area contributed by atoms with Gasteiger partial charge in [-0.05, 0) is 43.8 Å². The van der Waals surface area contributed by atoms with Gasteiger partial charge in [0.2, 0.25) is 0 Å². The Labute approximate surface area is 157 Å². The largest absolute Gasteiger partial charge is 0.485 e. The van der Waals surface area contributed by atoms with Crippen LogP contribution in [-0.2, 0) is 0 Å². The van der Waals surface area contributed by atoms with Crippen molar-refractivity contribution in [3.8, 4) is 5.75 Å². The first kappa shape index (κ1) is 19.6. The molecule has 0 spiro atoms. The van der Waals surface area contributed by atoms with Crippen molar-refractivity contribution in [1.82, 2.24) is 10.2 Å². The highest BCUT2D eigenvalue weighted by Gasteiger charge is 2.47. The van der Waals surface area contributed by atoms with Crippen molar-refractivity contribution in [1.29, 1.82) is 0 Å². The lowest BCUT2D eigenvalue weighted by Crippen LogP contribution is -2.53. The molecule has 0 radical (unpaired) electrons. The summed E-state index contributed by atoms with van der Waals surface area (Å²) < 4.78 is 44.0. The number of aliphatic hydroxyl groups excluding tert-OH is 1. The van der Waals surface area contributed by atoms with Crippen LogP contribution in [0.25, 0.3) is 0 Å². The lowest BCUT2D eigenvalue weighted by molar-refractivity contribution is -0.404. The predicted molar refractivity (Wildman–Crippen MR) is 91.6 cm³/mol. The molecule has 2 aliphatic rings. The van der Waals surface area contributed by atoms with Gasteiger partial charge in [-0.15, -0.1) is 0 Å². The van der Waals surface area contributed by atoms with Gasteiger partial charge in [-0.25, -0.2) is 0 Å². The fourth-order valence-electron chi connectivity index (χ4n) is 3.32. The standard InChI is InChI=1S/C16H18F3N3O4S/c1-15(2)14(23)13(21-6-5-20-12(21)8-22(24)25)10-7-9(27-16(17,18)19)3-4-11(10)26-15/h3-4,7-8,13-14,20,23H,5-6H2,1-2H3. The highest BCUT2D eigenvalue weighted by molar-refractivity contribution is 8.00. The Morgan fingerprint density at radius 2 is 2.19 bits per heavy atom. The third kappa shape index (κ3) is 4.08. The van der Waals surface area contributed by atoms with Crippen LogP contribution in [0.4, 0.5) is 13.2 Å². The average Bonchev–Trinajstić information content (AvgIpc) is 2.94. The van der Waals surface area contributed by atoms with E-state index in [2.05, 4.69) is 5.32 Å².